The molecule has 130 valence electrons. The number of hydrogen-bond acceptors (Lipinski definition) is 4. The summed E-state index contributed by atoms with van der Waals surface area (Å²) in [5, 5.41) is 7.18. The fourth-order valence-corrected chi connectivity index (χ4v) is 2.76. The minimum Gasteiger partial charge on any atom is -0.343 e. The van der Waals surface area contributed by atoms with E-state index in [-0.39, 0.29) is 17.8 Å². The quantitative estimate of drug-likeness (QED) is 0.776. The number of nitrogens with zero attached hydrogens (tertiary/aromatic N) is 4. The molecule has 0 aliphatic carbocycles. The second-order valence-electron chi connectivity index (χ2n) is 6.77. The van der Waals surface area contributed by atoms with E-state index in [4.69, 9.17) is 0 Å². The Morgan fingerprint density at radius 2 is 1.88 bits per heavy atom. The lowest BCUT2D eigenvalue weighted by molar-refractivity contribution is 0.0929. The lowest BCUT2D eigenvalue weighted by Crippen LogP contribution is -2.27. The van der Waals surface area contributed by atoms with Crippen LogP contribution in [0.25, 0.3) is 5.78 Å². The first-order valence-electron chi connectivity index (χ1n) is 8.52. The lowest BCUT2D eigenvalue weighted by Gasteiger charge is -2.14. The first-order valence-corrected chi connectivity index (χ1v) is 8.52. The smallest absolute Gasteiger partial charge is 0.291 e. The van der Waals surface area contributed by atoms with E-state index < -0.39 is 0 Å². The van der Waals surface area contributed by atoms with Crippen molar-refractivity contribution in [3.8, 4) is 0 Å². The molecule has 0 fully saturated rings. The van der Waals surface area contributed by atoms with Crippen molar-refractivity contribution in [3.63, 3.8) is 0 Å². The van der Waals surface area contributed by atoms with Crippen LogP contribution in [0.2, 0.25) is 0 Å². The number of benzene rings is 1. The third kappa shape index (κ3) is 3.84. The van der Waals surface area contributed by atoms with Crippen molar-refractivity contribution in [1.29, 1.82) is 0 Å². The summed E-state index contributed by atoms with van der Waals surface area (Å²) < 4.78 is 1.57. The van der Waals surface area contributed by atoms with Gasteiger partial charge in [0.25, 0.3) is 11.7 Å². The van der Waals surface area contributed by atoms with Gasteiger partial charge in [0.15, 0.2) is 0 Å². The van der Waals surface area contributed by atoms with Gasteiger partial charge in [-0.15, -0.1) is 5.10 Å². The number of rotatable bonds is 5. The van der Waals surface area contributed by atoms with E-state index in [0.29, 0.717) is 11.7 Å². The zero-order valence-electron chi connectivity index (χ0n) is 15.0. The highest BCUT2D eigenvalue weighted by Gasteiger charge is 2.17. The standard InChI is InChI=1S/C19H23N5O/c1-12(2)11-15-5-7-16(8-6-15)14(4)21-18(25)17-22-19-20-10-9-13(3)24(19)23-17/h5-10,12,14H,11H2,1-4H3,(H,21,25). The molecule has 0 aliphatic heterocycles. The van der Waals surface area contributed by atoms with Crippen molar-refractivity contribution >= 4 is 11.7 Å². The molecule has 2 aromatic heterocycles. The van der Waals surface area contributed by atoms with Gasteiger partial charge in [0.2, 0.25) is 5.82 Å². The second-order valence-corrected chi connectivity index (χ2v) is 6.77. The zero-order chi connectivity index (χ0) is 18.0. The Kier molecular flexibility index (Phi) is 4.79. The van der Waals surface area contributed by atoms with Crippen molar-refractivity contribution in [1.82, 2.24) is 24.9 Å². The molecule has 0 aliphatic rings. The van der Waals surface area contributed by atoms with Gasteiger partial charge in [-0.25, -0.2) is 9.50 Å². The van der Waals surface area contributed by atoms with Crippen molar-refractivity contribution in [2.45, 2.75) is 40.2 Å². The van der Waals surface area contributed by atoms with Crippen LogP contribution in [0, 0.1) is 12.8 Å². The van der Waals surface area contributed by atoms with Crippen LogP contribution >= 0.6 is 0 Å². The molecule has 25 heavy (non-hydrogen) atoms. The van der Waals surface area contributed by atoms with E-state index in [1.165, 1.54) is 5.56 Å². The van der Waals surface area contributed by atoms with E-state index in [1.807, 2.05) is 19.9 Å². The highest BCUT2D eigenvalue weighted by atomic mass is 16.2. The Bertz CT molecular complexity index is 882. The van der Waals surface area contributed by atoms with E-state index >= 15 is 0 Å². The summed E-state index contributed by atoms with van der Waals surface area (Å²) in [5.41, 5.74) is 3.24. The van der Waals surface area contributed by atoms with Crippen LogP contribution in [0.1, 0.15) is 54.3 Å². The number of aromatic nitrogens is 4. The topological polar surface area (TPSA) is 72.2 Å². The van der Waals surface area contributed by atoms with E-state index in [2.05, 4.69) is 58.5 Å². The van der Waals surface area contributed by atoms with Crippen molar-refractivity contribution in [2.75, 3.05) is 0 Å². The number of hydrogen-bond donors (Lipinski definition) is 1. The monoisotopic (exact) mass is 337 g/mol. The van der Waals surface area contributed by atoms with Crippen molar-refractivity contribution < 1.29 is 4.79 Å². The number of aryl methyl sites for hydroxylation is 1. The molecule has 1 unspecified atom stereocenters. The maximum Gasteiger partial charge on any atom is 0.291 e. The number of carbonyl (C=O) groups excluding carboxylic acids is 1. The molecule has 6 nitrogen and oxygen atoms in total. The normalized spacial score (nSPS) is 12.5. The van der Waals surface area contributed by atoms with Crippen molar-refractivity contribution in [3.05, 3.63) is 59.2 Å². The predicted molar refractivity (Wildman–Crippen MR) is 96.4 cm³/mol. The summed E-state index contributed by atoms with van der Waals surface area (Å²) in [6.45, 7) is 8.26. The van der Waals surface area contributed by atoms with Gasteiger partial charge in [-0.2, -0.15) is 4.98 Å². The maximum atomic E-state index is 12.4. The largest absolute Gasteiger partial charge is 0.343 e. The SMILES string of the molecule is Cc1ccnc2nc(C(=O)NC(C)c3ccc(CC(C)C)cc3)nn12. The Balaban J connectivity index is 1.72. The minimum atomic E-state index is -0.302. The van der Waals surface area contributed by atoms with Gasteiger partial charge in [0.05, 0.1) is 6.04 Å². The maximum absolute atomic E-state index is 12.4. The highest BCUT2D eigenvalue weighted by molar-refractivity contribution is 5.91. The molecule has 0 radical (unpaired) electrons. The summed E-state index contributed by atoms with van der Waals surface area (Å²) in [6, 6.07) is 10.1. The van der Waals surface area contributed by atoms with Crippen LogP contribution in [0.15, 0.2) is 36.5 Å². The predicted octanol–water partition coefficient (Wildman–Crippen LogP) is 3.12. The Hall–Kier alpha value is -2.76. The van der Waals surface area contributed by atoms with Gasteiger partial charge in [0.1, 0.15) is 0 Å². The minimum absolute atomic E-state index is 0.124. The summed E-state index contributed by atoms with van der Waals surface area (Å²) in [4.78, 5) is 20.8. The number of carbonyl (C=O) groups is 1. The zero-order valence-corrected chi connectivity index (χ0v) is 15.0. The van der Waals surface area contributed by atoms with Gasteiger partial charge in [-0.1, -0.05) is 38.1 Å². The third-order valence-corrected chi connectivity index (χ3v) is 4.10. The van der Waals surface area contributed by atoms with Crippen LogP contribution in [-0.4, -0.2) is 25.5 Å². The summed E-state index contributed by atoms with van der Waals surface area (Å²) >= 11 is 0. The van der Waals surface area contributed by atoms with Crippen LogP contribution in [0.5, 0.6) is 0 Å². The van der Waals surface area contributed by atoms with Crippen LogP contribution < -0.4 is 5.32 Å². The van der Waals surface area contributed by atoms with Crippen LogP contribution in [-0.2, 0) is 6.42 Å². The molecule has 6 heteroatoms. The fourth-order valence-electron chi connectivity index (χ4n) is 2.76. The molecule has 2 heterocycles. The summed E-state index contributed by atoms with van der Waals surface area (Å²) in [6.07, 6.45) is 2.71. The Labute approximate surface area is 147 Å². The van der Waals surface area contributed by atoms with Gasteiger partial charge < -0.3 is 5.32 Å². The first kappa shape index (κ1) is 17.1. The molecule has 0 saturated heterocycles. The average molecular weight is 337 g/mol. The van der Waals surface area contributed by atoms with E-state index in [1.54, 1.807) is 10.7 Å². The molecule has 1 aromatic carbocycles. The number of fused-ring (bicyclic) bond motifs is 1. The Morgan fingerprint density at radius 1 is 1.16 bits per heavy atom. The molecule has 0 bridgehead atoms. The van der Waals surface area contributed by atoms with Crippen molar-refractivity contribution in [2.24, 2.45) is 5.92 Å². The molecule has 0 saturated carbocycles. The lowest BCUT2D eigenvalue weighted by atomic mass is 10.00. The molecule has 1 amide bonds. The summed E-state index contributed by atoms with van der Waals surface area (Å²) in [5.74, 6) is 0.880. The van der Waals surface area contributed by atoms with Gasteiger partial charge in [-0.05, 0) is 43.4 Å². The van der Waals surface area contributed by atoms with Gasteiger partial charge in [0, 0.05) is 11.9 Å². The molecule has 1 N–H and O–H groups in total. The third-order valence-electron chi connectivity index (χ3n) is 4.10. The molecule has 1 atom stereocenters. The van der Waals surface area contributed by atoms with Crippen LogP contribution in [0.3, 0.4) is 0 Å². The van der Waals surface area contributed by atoms with E-state index in [9.17, 15) is 4.79 Å². The van der Waals surface area contributed by atoms with Crippen LogP contribution in [0.4, 0.5) is 0 Å². The van der Waals surface area contributed by atoms with Gasteiger partial charge >= 0.3 is 0 Å². The van der Waals surface area contributed by atoms with E-state index in [0.717, 1.165) is 17.7 Å². The molecule has 3 rings (SSSR count). The molecular weight excluding hydrogens is 314 g/mol. The van der Waals surface area contributed by atoms with Gasteiger partial charge in [-0.3, -0.25) is 4.79 Å². The average Bonchev–Trinajstić information content (AvgIpc) is 3.01. The number of amides is 1. The Morgan fingerprint density at radius 3 is 2.52 bits per heavy atom. The second kappa shape index (κ2) is 7.01. The highest BCUT2D eigenvalue weighted by Crippen LogP contribution is 2.16. The number of nitrogens with one attached hydrogen (secondary N) is 1. The first-order chi connectivity index (χ1) is 11.9. The molecule has 3 aromatic rings. The molecule has 0 spiro atoms. The molecular formula is C19H23N5O. The fraction of sp³-hybridized carbons (Fsp3) is 0.368. The summed E-state index contributed by atoms with van der Waals surface area (Å²) in [7, 11) is 0.